The lowest BCUT2D eigenvalue weighted by Crippen LogP contribution is -2.22. The Labute approximate surface area is 173 Å². The summed E-state index contributed by atoms with van der Waals surface area (Å²) in [4.78, 5) is 2.49. The van der Waals surface area contributed by atoms with Gasteiger partial charge in [-0.1, -0.05) is 44.2 Å². The highest BCUT2D eigenvalue weighted by atomic mass is 32.2. The van der Waals surface area contributed by atoms with E-state index in [0.29, 0.717) is 17.2 Å². The Hall–Kier alpha value is -2.83. The zero-order chi connectivity index (χ0) is 20.7. The van der Waals surface area contributed by atoms with Gasteiger partial charge in [0.1, 0.15) is 11.5 Å². The fourth-order valence-electron chi connectivity index (χ4n) is 2.91. The lowest BCUT2D eigenvalue weighted by atomic mass is 10.2. The predicted octanol–water partition coefficient (Wildman–Crippen LogP) is 5.12. The topological polar surface area (TPSA) is 58.6 Å². The third-order valence-corrected chi connectivity index (χ3v) is 6.02. The van der Waals surface area contributed by atoms with Gasteiger partial charge in [0.05, 0.1) is 4.90 Å². The average molecular weight is 411 g/mol. The lowest BCUT2D eigenvalue weighted by Gasteiger charge is -2.18. The number of anilines is 1. The van der Waals surface area contributed by atoms with Crippen molar-refractivity contribution in [1.29, 1.82) is 0 Å². The molecular weight excluding hydrogens is 384 g/mol. The third kappa shape index (κ3) is 5.82. The van der Waals surface area contributed by atoms with E-state index in [1.807, 2.05) is 42.5 Å². The van der Waals surface area contributed by atoms with Gasteiger partial charge in [-0.25, -0.2) is 8.42 Å². The summed E-state index contributed by atoms with van der Waals surface area (Å²) < 4.78 is 33.7. The molecule has 0 heterocycles. The van der Waals surface area contributed by atoms with E-state index in [1.54, 1.807) is 24.3 Å². The van der Waals surface area contributed by atoms with Crippen molar-refractivity contribution in [2.75, 3.05) is 17.8 Å². The van der Waals surface area contributed by atoms with Crippen LogP contribution >= 0.6 is 0 Å². The zero-order valence-electron chi connectivity index (χ0n) is 16.7. The molecule has 1 N–H and O–H groups in total. The van der Waals surface area contributed by atoms with Crippen molar-refractivity contribution in [1.82, 2.24) is 4.90 Å². The van der Waals surface area contributed by atoms with E-state index < -0.39 is 10.0 Å². The number of nitrogens with zero attached hydrogens (tertiary/aromatic N) is 1. The van der Waals surface area contributed by atoms with Gasteiger partial charge in [0, 0.05) is 12.2 Å². The van der Waals surface area contributed by atoms with Crippen molar-refractivity contribution in [2.24, 2.45) is 0 Å². The average Bonchev–Trinajstić information content (AvgIpc) is 2.74. The van der Waals surface area contributed by atoms with Crippen LogP contribution in [0.5, 0.6) is 11.5 Å². The van der Waals surface area contributed by atoms with Gasteiger partial charge in [0.25, 0.3) is 10.0 Å². The molecule has 0 aliphatic heterocycles. The SMILES string of the molecule is CCN(CC)Cc1ccc(NS(=O)(=O)c2ccc(Oc3ccccc3)cc2)cc1. The molecule has 0 aliphatic carbocycles. The van der Waals surface area contributed by atoms with E-state index in [9.17, 15) is 8.42 Å². The third-order valence-electron chi connectivity index (χ3n) is 4.62. The Morgan fingerprint density at radius 3 is 1.97 bits per heavy atom. The summed E-state index contributed by atoms with van der Waals surface area (Å²) in [7, 11) is -3.66. The van der Waals surface area contributed by atoms with E-state index in [1.165, 1.54) is 12.1 Å². The van der Waals surface area contributed by atoms with Crippen molar-refractivity contribution >= 4 is 15.7 Å². The maximum Gasteiger partial charge on any atom is 0.261 e. The number of hydrogen-bond acceptors (Lipinski definition) is 4. The molecule has 0 aliphatic rings. The van der Waals surface area contributed by atoms with Crippen LogP contribution in [0.1, 0.15) is 19.4 Å². The van der Waals surface area contributed by atoms with Gasteiger partial charge >= 0.3 is 0 Å². The van der Waals surface area contributed by atoms with E-state index in [0.717, 1.165) is 25.2 Å². The molecule has 3 aromatic carbocycles. The van der Waals surface area contributed by atoms with Crippen LogP contribution in [0.2, 0.25) is 0 Å². The van der Waals surface area contributed by atoms with Gasteiger partial charge < -0.3 is 4.74 Å². The Morgan fingerprint density at radius 1 is 0.793 bits per heavy atom. The first-order valence-electron chi connectivity index (χ1n) is 9.67. The van der Waals surface area contributed by atoms with Crippen LogP contribution < -0.4 is 9.46 Å². The fourth-order valence-corrected chi connectivity index (χ4v) is 3.97. The lowest BCUT2D eigenvalue weighted by molar-refractivity contribution is 0.296. The molecule has 29 heavy (non-hydrogen) atoms. The van der Waals surface area contributed by atoms with Crippen molar-refractivity contribution in [3.63, 3.8) is 0 Å². The molecule has 0 saturated carbocycles. The molecule has 3 rings (SSSR count). The maximum atomic E-state index is 12.7. The molecule has 152 valence electrons. The second kappa shape index (κ2) is 9.58. The smallest absolute Gasteiger partial charge is 0.261 e. The molecule has 6 heteroatoms. The molecule has 0 fully saturated rings. The summed E-state index contributed by atoms with van der Waals surface area (Å²) in [5.41, 5.74) is 1.69. The molecule has 0 radical (unpaired) electrons. The number of nitrogens with one attached hydrogen (secondary N) is 1. The first-order valence-corrected chi connectivity index (χ1v) is 11.2. The Balaban J connectivity index is 1.66. The normalized spacial score (nSPS) is 11.4. The number of benzene rings is 3. The number of ether oxygens (including phenoxy) is 1. The van der Waals surface area contributed by atoms with E-state index >= 15 is 0 Å². The van der Waals surface area contributed by atoms with Crippen molar-refractivity contribution in [3.8, 4) is 11.5 Å². The van der Waals surface area contributed by atoms with Gasteiger partial charge in [-0.2, -0.15) is 0 Å². The van der Waals surface area contributed by atoms with E-state index in [4.69, 9.17) is 4.74 Å². The largest absolute Gasteiger partial charge is 0.457 e. The van der Waals surface area contributed by atoms with Gasteiger partial charge in [0.2, 0.25) is 0 Å². The Bertz CT molecular complexity index is 998. The molecule has 0 spiro atoms. The molecule has 0 unspecified atom stereocenters. The Kier molecular flexibility index (Phi) is 6.90. The minimum atomic E-state index is -3.66. The van der Waals surface area contributed by atoms with Gasteiger partial charge in [0.15, 0.2) is 0 Å². The van der Waals surface area contributed by atoms with Crippen LogP contribution in [0.25, 0.3) is 0 Å². The van der Waals surface area contributed by atoms with Crippen LogP contribution in [0, 0.1) is 0 Å². The number of rotatable bonds is 9. The number of para-hydroxylation sites is 1. The maximum absolute atomic E-state index is 12.7. The molecule has 0 atom stereocenters. The van der Waals surface area contributed by atoms with Crippen molar-refractivity contribution in [3.05, 3.63) is 84.4 Å². The number of hydrogen-bond donors (Lipinski definition) is 1. The van der Waals surface area contributed by atoms with Crippen LogP contribution in [0.15, 0.2) is 83.8 Å². The molecule has 0 bridgehead atoms. The summed E-state index contributed by atoms with van der Waals surface area (Å²) >= 11 is 0. The summed E-state index contributed by atoms with van der Waals surface area (Å²) in [6.45, 7) is 7.07. The van der Waals surface area contributed by atoms with E-state index in [2.05, 4.69) is 23.5 Å². The van der Waals surface area contributed by atoms with Crippen molar-refractivity contribution in [2.45, 2.75) is 25.3 Å². The first kappa shape index (κ1) is 20.9. The highest BCUT2D eigenvalue weighted by molar-refractivity contribution is 7.92. The highest BCUT2D eigenvalue weighted by Gasteiger charge is 2.14. The second-order valence-corrected chi connectivity index (χ2v) is 8.33. The quantitative estimate of drug-likeness (QED) is 0.532. The minimum absolute atomic E-state index is 0.185. The molecule has 5 nitrogen and oxygen atoms in total. The fraction of sp³-hybridized carbons (Fsp3) is 0.217. The van der Waals surface area contributed by atoms with Crippen LogP contribution in [-0.4, -0.2) is 26.4 Å². The molecule has 0 saturated heterocycles. The summed E-state index contributed by atoms with van der Waals surface area (Å²) in [6.07, 6.45) is 0. The summed E-state index contributed by atoms with van der Waals surface area (Å²) in [5.74, 6) is 1.28. The van der Waals surface area contributed by atoms with Crippen LogP contribution in [-0.2, 0) is 16.6 Å². The van der Waals surface area contributed by atoms with Gasteiger partial charge in [-0.05, 0) is 67.2 Å². The van der Waals surface area contributed by atoms with Crippen molar-refractivity contribution < 1.29 is 13.2 Å². The second-order valence-electron chi connectivity index (χ2n) is 6.65. The highest BCUT2D eigenvalue weighted by Crippen LogP contribution is 2.24. The van der Waals surface area contributed by atoms with Crippen LogP contribution in [0.4, 0.5) is 5.69 Å². The Morgan fingerprint density at radius 2 is 1.38 bits per heavy atom. The van der Waals surface area contributed by atoms with Crippen LogP contribution in [0.3, 0.4) is 0 Å². The van der Waals surface area contributed by atoms with E-state index in [-0.39, 0.29) is 4.90 Å². The first-order chi connectivity index (χ1) is 14.0. The monoisotopic (exact) mass is 410 g/mol. The predicted molar refractivity (Wildman–Crippen MR) is 117 cm³/mol. The standard InChI is InChI=1S/C23H26N2O3S/c1-3-25(4-2)18-19-10-12-20(13-11-19)24-29(26,27)23-16-14-22(15-17-23)28-21-8-6-5-7-9-21/h5-17,24H,3-4,18H2,1-2H3. The molecular formula is C23H26N2O3S. The molecule has 0 aromatic heterocycles. The summed E-state index contributed by atoms with van der Waals surface area (Å²) in [6, 6.07) is 23.2. The zero-order valence-corrected chi connectivity index (χ0v) is 17.5. The summed E-state index contributed by atoms with van der Waals surface area (Å²) in [5, 5.41) is 0. The van der Waals surface area contributed by atoms with Gasteiger partial charge in [-0.3, -0.25) is 9.62 Å². The van der Waals surface area contributed by atoms with Gasteiger partial charge in [-0.15, -0.1) is 0 Å². The minimum Gasteiger partial charge on any atom is -0.457 e. The number of sulfonamides is 1. The molecule has 3 aromatic rings. The molecule has 0 amide bonds.